The number of sulfone groups is 1. The zero-order valence-electron chi connectivity index (χ0n) is 17.2. The van der Waals surface area contributed by atoms with Gasteiger partial charge in [-0.25, -0.2) is 4.68 Å². The highest BCUT2D eigenvalue weighted by Gasteiger charge is 2.28. The average molecular weight is 474 g/mol. The molecule has 2 amide bonds. The molecule has 1 atom stereocenters. The van der Waals surface area contributed by atoms with Crippen LogP contribution in [0.2, 0.25) is 5.02 Å². The van der Waals surface area contributed by atoms with Gasteiger partial charge in [0.25, 0.3) is 5.91 Å². The van der Waals surface area contributed by atoms with Crippen molar-refractivity contribution in [3.05, 3.63) is 70.5 Å². The van der Waals surface area contributed by atoms with E-state index in [9.17, 15) is 18.4 Å². The SMILES string of the molecule is C[S+](=O)([O-])c1cccc(NC(=O)c2nnn3c2CN(Cc2cccc(Cl)c2)C(=O)CC3)c1. The average Bonchev–Trinajstić information content (AvgIpc) is 3.07. The van der Waals surface area contributed by atoms with Gasteiger partial charge in [-0.1, -0.05) is 35.0 Å². The summed E-state index contributed by atoms with van der Waals surface area (Å²) in [4.78, 5) is 27.3. The third-order valence-electron chi connectivity index (χ3n) is 5.07. The summed E-state index contributed by atoms with van der Waals surface area (Å²) in [6.07, 6.45) is 1.33. The Bertz CT molecular complexity index is 1240. The Morgan fingerprint density at radius 1 is 1.25 bits per heavy atom. The highest BCUT2D eigenvalue weighted by Crippen LogP contribution is 2.22. The maximum absolute atomic E-state index is 12.9. The van der Waals surface area contributed by atoms with Gasteiger partial charge in [0, 0.05) is 29.7 Å². The number of halogens is 1. The quantitative estimate of drug-likeness (QED) is 0.569. The van der Waals surface area contributed by atoms with Crippen molar-refractivity contribution in [1.29, 1.82) is 0 Å². The first-order valence-electron chi connectivity index (χ1n) is 9.77. The number of aromatic nitrogens is 3. The zero-order valence-corrected chi connectivity index (χ0v) is 18.7. The number of hydrogen-bond acceptors (Lipinski definition) is 6. The molecule has 0 fully saturated rings. The Balaban J connectivity index is 1.57. The van der Waals surface area contributed by atoms with Crippen molar-refractivity contribution < 1.29 is 18.4 Å². The molecule has 1 aromatic heterocycles. The van der Waals surface area contributed by atoms with Gasteiger partial charge in [-0.05, 0) is 29.8 Å². The van der Waals surface area contributed by atoms with Crippen molar-refractivity contribution in [3.8, 4) is 0 Å². The first-order valence-corrected chi connectivity index (χ1v) is 12.0. The fourth-order valence-electron chi connectivity index (χ4n) is 3.47. The number of aryl methyl sites for hydroxylation is 1. The summed E-state index contributed by atoms with van der Waals surface area (Å²) in [5.74, 6) is -0.600. The first-order chi connectivity index (χ1) is 15.2. The van der Waals surface area contributed by atoms with Gasteiger partial charge in [-0.2, -0.15) is 0 Å². The Labute approximate surface area is 190 Å². The lowest BCUT2D eigenvalue weighted by Crippen LogP contribution is -2.29. The van der Waals surface area contributed by atoms with Gasteiger partial charge in [0.2, 0.25) is 5.91 Å². The molecule has 1 unspecified atom stereocenters. The molecule has 32 heavy (non-hydrogen) atoms. The van der Waals surface area contributed by atoms with Gasteiger partial charge in [-0.15, -0.1) is 9.31 Å². The normalized spacial score (nSPS) is 15.6. The van der Waals surface area contributed by atoms with Crippen LogP contribution in [-0.2, 0) is 38.9 Å². The summed E-state index contributed by atoms with van der Waals surface area (Å²) in [5.41, 5.74) is 1.78. The van der Waals surface area contributed by atoms with Crippen LogP contribution >= 0.6 is 11.6 Å². The molecule has 4 rings (SSSR count). The van der Waals surface area contributed by atoms with Crippen molar-refractivity contribution in [2.24, 2.45) is 0 Å². The highest BCUT2D eigenvalue weighted by atomic mass is 35.5. The van der Waals surface area contributed by atoms with Crippen LogP contribution in [0.5, 0.6) is 0 Å². The monoisotopic (exact) mass is 473 g/mol. The van der Waals surface area contributed by atoms with E-state index in [0.29, 0.717) is 29.5 Å². The molecule has 1 aliphatic rings. The Morgan fingerprint density at radius 3 is 2.78 bits per heavy atom. The number of fused-ring (bicyclic) bond motifs is 1. The van der Waals surface area contributed by atoms with Crippen LogP contribution < -0.4 is 5.32 Å². The molecular formula is C21H20ClN5O4S. The Morgan fingerprint density at radius 2 is 2.03 bits per heavy atom. The van der Waals surface area contributed by atoms with Crippen LogP contribution in [0.1, 0.15) is 28.2 Å². The van der Waals surface area contributed by atoms with E-state index in [1.54, 1.807) is 33.8 Å². The summed E-state index contributed by atoms with van der Waals surface area (Å²) >= 11 is 6.06. The van der Waals surface area contributed by atoms with Gasteiger partial charge >= 0.3 is 0 Å². The summed E-state index contributed by atoms with van der Waals surface area (Å²) in [7, 11) is -3.42. The Kier molecular flexibility index (Phi) is 6.09. The van der Waals surface area contributed by atoms with Gasteiger partial charge in [0.05, 0.1) is 29.0 Å². The van der Waals surface area contributed by atoms with E-state index in [1.807, 2.05) is 12.1 Å². The number of hydrogen-bond donors (Lipinski definition) is 1. The second kappa shape index (κ2) is 8.81. The third kappa shape index (κ3) is 4.87. The zero-order chi connectivity index (χ0) is 22.9. The minimum Gasteiger partial charge on any atom is -0.610 e. The predicted octanol–water partition coefficient (Wildman–Crippen LogP) is 2.73. The number of nitrogens with zero attached hydrogens (tertiary/aromatic N) is 4. The first kappa shape index (κ1) is 22.1. The minimum absolute atomic E-state index is 0.0670. The van der Waals surface area contributed by atoms with Crippen LogP contribution in [0, 0.1) is 0 Å². The molecule has 9 nitrogen and oxygen atoms in total. The van der Waals surface area contributed by atoms with Crippen LogP contribution in [0.25, 0.3) is 0 Å². The standard InChI is InChI=1S/C21H20ClN5O4S/c1-32(30,31)17-7-3-6-16(11-17)23-21(29)20-18-13-26(12-14-4-2-5-15(22)10-14)19(28)8-9-27(18)25-24-20/h2-7,10-11H,8-9,12-13H2,1H3,(H-,23,29,30,31). The van der Waals surface area contributed by atoms with Gasteiger partial charge < -0.3 is 14.8 Å². The number of amides is 2. The van der Waals surface area contributed by atoms with E-state index < -0.39 is 16.1 Å². The molecule has 3 aromatic rings. The maximum Gasteiger partial charge on any atom is 0.278 e. The van der Waals surface area contributed by atoms with Gasteiger partial charge in [0.1, 0.15) is 6.26 Å². The molecule has 0 radical (unpaired) electrons. The largest absolute Gasteiger partial charge is 0.610 e. The molecule has 2 heterocycles. The minimum atomic E-state index is -3.42. The van der Waals surface area contributed by atoms with Crippen molar-refractivity contribution >= 4 is 39.3 Å². The molecule has 1 N–H and O–H groups in total. The molecule has 0 saturated heterocycles. The van der Waals surface area contributed by atoms with Gasteiger partial charge in [-0.3, -0.25) is 9.59 Å². The number of rotatable bonds is 5. The summed E-state index contributed by atoms with van der Waals surface area (Å²) < 4.78 is 25.1. The third-order valence-corrected chi connectivity index (χ3v) is 6.41. The van der Waals surface area contributed by atoms with E-state index >= 15 is 0 Å². The molecule has 0 spiro atoms. The lowest BCUT2D eigenvalue weighted by atomic mass is 10.2. The molecular weight excluding hydrogens is 454 g/mol. The molecule has 0 aliphatic carbocycles. The molecule has 0 saturated carbocycles. The predicted molar refractivity (Wildman–Crippen MR) is 118 cm³/mol. The van der Waals surface area contributed by atoms with E-state index in [2.05, 4.69) is 15.6 Å². The van der Waals surface area contributed by atoms with Crippen LogP contribution in [0.3, 0.4) is 0 Å². The lowest BCUT2D eigenvalue weighted by molar-refractivity contribution is -0.132. The Hall–Kier alpha value is -3.08. The topological polar surface area (TPSA) is 120 Å². The van der Waals surface area contributed by atoms with E-state index in [0.717, 1.165) is 11.8 Å². The molecule has 166 valence electrons. The van der Waals surface area contributed by atoms with Crippen LogP contribution in [-0.4, -0.2) is 42.5 Å². The number of anilines is 1. The van der Waals surface area contributed by atoms with Crippen molar-refractivity contribution in [2.75, 3.05) is 11.6 Å². The molecule has 2 aromatic carbocycles. The number of benzene rings is 2. The smallest absolute Gasteiger partial charge is 0.278 e. The molecule has 1 aliphatic heterocycles. The molecule has 11 heteroatoms. The fraction of sp³-hybridized carbons (Fsp3) is 0.238. The second-order valence-electron chi connectivity index (χ2n) is 7.49. The highest BCUT2D eigenvalue weighted by molar-refractivity contribution is 7.97. The molecule has 0 bridgehead atoms. The fourth-order valence-corrected chi connectivity index (χ4v) is 4.35. The van der Waals surface area contributed by atoms with Crippen molar-refractivity contribution in [1.82, 2.24) is 19.9 Å². The van der Waals surface area contributed by atoms with Crippen LogP contribution in [0.15, 0.2) is 53.4 Å². The summed E-state index contributed by atoms with van der Waals surface area (Å²) in [6.45, 7) is 0.802. The number of nitrogens with one attached hydrogen (secondary N) is 1. The van der Waals surface area contributed by atoms with Gasteiger partial charge in [0.15, 0.2) is 10.6 Å². The maximum atomic E-state index is 12.9. The number of carbonyl (C=O) groups is 2. The summed E-state index contributed by atoms with van der Waals surface area (Å²) in [6, 6.07) is 13.2. The van der Waals surface area contributed by atoms with E-state index in [4.69, 9.17) is 11.6 Å². The van der Waals surface area contributed by atoms with E-state index in [-0.39, 0.29) is 29.5 Å². The number of carbonyl (C=O) groups excluding carboxylic acids is 2. The summed E-state index contributed by atoms with van der Waals surface area (Å²) in [5, 5.41) is 11.3. The second-order valence-corrected chi connectivity index (χ2v) is 9.94. The van der Waals surface area contributed by atoms with Crippen molar-refractivity contribution in [3.63, 3.8) is 0 Å². The van der Waals surface area contributed by atoms with Crippen LogP contribution in [0.4, 0.5) is 5.69 Å². The van der Waals surface area contributed by atoms with Crippen molar-refractivity contribution in [2.45, 2.75) is 31.0 Å². The lowest BCUT2D eigenvalue weighted by Gasteiger charge is -2.20. The van der Waals surface area contributed by atoms with E-state index in [1.165, 1.54) is 12.1 Å².